The van der Waals surface area contributed by atoms with Gasteiger partial charge in [0.05, 0.1) is 0 Å². The predicted molar refractivity (Wildman–Crippen MR) is 69.3 cm³/mol. The molecule has 19 heavy (non-hydrogen) atoms. The van der Waals surface area contributed by atoms with Crippen LogP contribution in [-0.2, 0) is 0 Å². The molecule has 0 aliphatic heterocycles. The van der Waals surface area contributed by atoms with E-state index in [9.17, 15) is 13.2 Å². The molecule has 0 aliphatic carbocycles. The quantitative estimate of drug-likeness (QED) is 0.855. The topological polar surface area (TPSA) is 35.2 Å². The van der Waals surface area contributed by atoms with E-state index >= 15 is 0 Å². The van der Waals surface area contributed by atoms with Crippen LogP contribution < -0.4 is 10.5 Å². The molecule has 0 saturated heterocycles. The normalized spacial score (nSPS) is 15.1. The van der Waals surface area contributed by atoms with Crippen LogP contribution in [0.15, 0.2) is 24.3 Å². The van der Waals surface area contributed by atoms with Gasteiger partial charge < -0.3 is 10.5 Å². The number of nitrogens with two attached hydrogens (primary N) is 1. The number of rotatable bonds is 6. The summed E-state index contributed by atoms with van der Waals surface area (Å²) in [6, 6.07) is 6.87. The Morgan fingerprint density at radius 1 is 1.26 bits per heavy atom. The minimum atomic E-state index is -4.40. The lowest BCUT2D eigenvalue weighted by atomic mass is 9.98. The zero-order chi connectivity index (χ0) is 14.5. The van der Waals surface area contributed by atoms with E-state index in [4.69, 9.17) is 10.5 Å². The fourth-order valence-electron chi connectivity index (χ4n) is 1.81. The van der Waals surface area contributed by atoms with E-state index in [1.807, 2.05) is 13.8 Å². The SMILES string of the molecule is CCC(C)c1ccccc1OC(CCN)C(F)(F)F. The van der Waals surface area contributed by atoms with E-state index in [2.05, 4.69) is 0 Å². The van der Waals surface area contributed by atoms with E-state index < -0.39 is 12.3 Å². The summed E-state index contributed by atoms with van der Waals surface area (Å²) in [5, 5.41) is 0. The second-order valence-corrected chi connectivity index (χ2v) is 4.57. The van der Waals surface area contributed by atoms with Crippen LogP contribution in [-0.4, -0.2) is 18.8 Å². The Morgan fingerprint density at radius 2 is 1.89 bits per heavy atom. The Kier molecular flexibility index (Phi) is 5.66. The molecule has 0 amide bonds. The van der Waals surface area contributed by atoms with E-state index in [0.29, 0.717) is 5.75 Å². The number of benzene rings is 1. The highest BCUT2D eigenvalue weighted by Crippen LogP contribution is 2.33. The first kappa shape index (κ1) is 15.8. The second kappa shape index (κ2) is 6.80. The fraction of sp³-hybridized carbons (Fsp3) is 0.571. The summed E-state index contributed by atoms with van der Waals surface area (Å²) in [5.41, 5.74) is 6.03. The lowest BCUT2D eigenvalue weighted by Gasteiger charge is -2.24. The lowest BCUT2D eigenvalue weighted by molar-refractivity contribution is -0.196. The van der Waals surface area contributed by atoms with E-state index in [1.54, 1.807) is 24.3 Å². The van der Waals surface area contributed by atoms with Crippen molar-refractivity contribution < 1.29 is 17.9 Å². The molecule has 1 aromatic rings. The van der Waals surface area contributed by atoms with Gasteiger partial charge in [-0.1, -0.05) is 32.0 Å². The van der Waals surface area contributed by atoms with Gasteiger partial charge in [0.15, 0.2) is 6.10 Å². The Hall–Kier alpha value is -1.23. The molecule has 0 bridgehead atoms. The first-order chi connectivity index (χ1) is 8.90. The molecule has 0 heterocycles. The molecule has 1 aromatic carbocycles. The minimum absolute atomic E-state index is 0.0598. The molecular weight excluding hydrogens is 255 g/mol. The van der Waals surface area contributed by atoms with Gasteiger partial charge >= 0.3 is 6.18 Å². The van der Waals surface area contributed by atoms with Gasteiger partial charge in [-0.2, -0.15) is 13.2 Å². The van der Waals surface area contributed by atoms with E-state index in [-0.39, 0.29) is 18.9 Å². The van der Waals surface area contributed by atoms with Crippen molar-refractivity contribution in [1.82, 2.24) is 0 Å². The first-order valence-corrected chi connectivity index (χ1v) is 6.42. The van der Waals surface area contributed by atoms with E-state index in [1.165, 1.54) is 0 Å². The predicted octanol–water partition coefficient (Wildman–Crippen LogP) is 3.86. The van der Waals surface area contributed by atoms with Gasteiger partial charge in [0.2, 0.25) is 0 Å². The van der Waals surface area contributed by atoms with Crippen molar-refractivity contribution in [2.24, 2.45) is 5.73 Å². The summed E-state index contributed by atoms with van der Waals surface area (Å²) in [7, 11) is 0. The number of alkyl halides is 3. The van der Waals surface area contributed by atoms with Crippen LogP contribution in [0.5, 0.6) is 5.75 Å². The molecule has 0 aromatic heterocycles. The van der Waals surface area contributed by atoms with Crippen molar-refractivity contribution in [3.05, 3.63) is 29.8 Å². The van der Waals surface area contributed by atoms with Gasteiger partial charge in [-0.05, 0) is 30.5 Å². The molecule has 0 fully saturated rings. The van der Waals surface area contributed by atoms with Crippen LogP contribution in [0, 0.1) is 0 Å². The average molecular weight is 275 g/mol. The summed E-state index contributed by atoms with van der Waals surface area (Å²) >= 11 is 0. The summed E-state index contributed by atoms with van der Waals surface area (Å²) in [6.45, 7) is 3.89. The maximum absolute atomic E-state index is 12.8. The van der Waals surface area contributed by atoms with Gasteiger partial charge in [0, 0.05) is 6.42 Å². The Bertz CT molecular complexity index is 393. The standard InChI is InChI=1S/C14H20F3NO/c1-3-10(2)11-6-4-5-7-12(11)19-13(8-9-18)14(15,16)17/h4-7,10,13H,3,8-9,18H2,1-2H3. The Balaban J connectivity index is 2.96. The summed E-state index contributed by atoms with van der Waals surface area (Å²) < 4.78 is 43.6. The fourth-order valence-corrected chi connectivity index (χ4v) is 1.81. The van der Waals surface area contributed by atoms with Crippen LogP contribution in [0.3, 0.4) is 0 Å². The van der Waals surface area contributed by atoms with Crippen molar-refractivity contribution in [1.29, 1.82) is 0 Å². The highest BCUT2D eigenvalue weighted by atomic mass is 19.4. The van der Waals surface area contributed by atoms with Crippen LogP contribution >= 0.6 is 0 Å². The summed E-state index contributed by atoms with van der Waals surface area (Å²) in [4.78, 5) is 0. The molecule has 0 aliphatic rings. The Labute approximate surface area is 111 Å². The molecule has 2 unspecified atom stereocenters. The van der Waals surface area contributed by atoms with Crippen LogP contribution in [0.2, 0.25) is 0 Å². The van der Waals surface area contributed by atoms with Crippen LogP contribution in [0.4, 0.5) is 13.2 Å². The second-order valence-electron chi connectivity index (χ2n) is 4.57. The molecule has 2 nitrogen and oxygen atoms in total. The van der Waals surface area contributed by atoms with Gasteiger partial charge in [-0.15, -0.1) is 0 Å². The summed E-state index contributed by atoms with van der Waals surface area (Å²) in [5.74, 6) is 0.454. The number of hydrogen-bond donors (Lipinski definition) is 1. The largest absolute Gasteiger partial charge is 0.481 e. The van der Waals surface area contributed by atoms with Crippen molar-refractivity contribution in [2.45, 2.75) is 44.9 Å². The van der Waals surface area contributed by atoms with Gasteiger partial charge in [0.1, 0.15) is 5.75 Å². The molecule has 0 spiro atoms. The van der Waals surface area contributed by atoms with Crippen LogP contribution in [0.25, 0.3) is 0 Å². The minimum Gasteiger partial charge on any atom is -0.481 e. The smallest absolute Gasteiger partial charge is 0.425 e. The first-order valence-electron chi connectivity index (χ1n) is 6.42. The third-order valence-electron chi connectivity index (χ3n) is 3.13. The van der Waals surface area contributed by atoms with Gasteiger partial charge in [-0.25, -0.2) is 0 Å². The number of para-hydroxylation sites is 1. The molecule has 1 rings (SSSR count). The third kappa shape index (κ3) is 4.42. The highest BCUT2D eigenvalue weighted by Gasteiger charge is 2.41. The molecule has 108 valence electrons. The number of ether oxygens (including phenoxy) is 1. The monoisotopic (exact) mass is 275 g/mol. The average Bonchev–Trinajstić information content (AvgIpc) is 2.37. The van der Waals surface area contributed by atoms with Gasteiger partial charge in [-0.3, -0.25) is 0 Å². The van der Waals surface area contributed by atoms with Crippen molar-refractivity contribution in [2.75, 3.05) is 6.54 Å². The van der Waals surface area contributed by atoms with Crippen molar-refractivity contribution in [3.63, 3.8) is 0 Å². The van der Waals surface area contributed by atoms with Crippen molar-refractivity contribution >= 4 is 0 Å². The molecular formula is C14H20F3NO. The summed E-state index contributed by atoms with van der Waals surface area (Å²) in [6.07, 6.45) is -5.64. The zero-order valence-electron chi connectivity index (χ0n) is 11.2. The highest BCUT2D eigenvalue weighted by molar-refractivity contribution is 5.36. The number of hydrogen-bond acceptors (Lipinski definition) is 2. The molecule has 5 heteroatoms. The van der Waals surface area contributed by atoms with Crippen LogP contribution in [0.1, 0.15) is 38.2 Å². The molecule has 0 saturated carbocycles. The maximum atomic E-state index is 12.8. The lowest BCUT2D eigenvalue weighted by Crippen LogP contribution is -2.36. The molecule has 2 N–H and O–H groups in total. The maximum Gasteiger partial charge on any atom is 0.425 e. The van der Waals surface area contributed by atoms with Crippen molar-refractivity contribution in [3.8, 4) is 5.75 Å². The third-order valence-corrected chi connectivity index (χ3v) is 3.13. The zero-order valence-corrected chi connectivity index (χ0v) is 11.2. The molecule has 2 atom stereocenters. The van der Waals surface area contributed by atoms with E-state index in [0.717, 1.165) is 12.0 Å². The van der Waals surface area contributed by atoms with Gasteiger partial charge in [0.25, 0.3) is 0 Å². The molecule has 0 radical (unpaired) electrons. The number of halogens is 3. The Morgan fingerprint density at radius 3 is 2.42 bits per heavy atom.